The second-order valence-corrected chi connectivity index (χ2v) is 5.27. The fraction of sp³-hybridized carbons (Fsp3) is 0.182. The summed E-state index contributed by atoms with van der Waals surface area (Å²) in [6, 6.07) is 4.76. The number of hydrogen-bond acceptors (Lipinski definition) is 6. The van der Waals surface area contributed by atoms with Crippen LogP contribution in [0.2, 0.25) is 0 Å². The van der Waals surface area contributed by atoms with Gasteiger partial charge in [0, 0.05) is 6.20 Å². The van der Waals surface area contributed by atoms with E-state index in [0.29, 0.717) is 0 Å². The zero-order valence-corrected chi connectivity index (χ0v) is 11.3. The van der Waals surface area contributed by atoms with E-state index < -0.39 is 16.0 Å². The Kier molecular flexibility index (Phi) is 3.99. The summed E-state index contributed by atoms with van der Waals surface area (Å²) in [7, 11) is -4.00. The maximum absolute atomic E-state index is 12.2. The molecule has 0 fully saturated rings. The third kappa shape index (κ3) is 2.94. The summed E-state index contributed by atoms with van der Waals surface area (Å²) in [6.45, 7) is 1.76. The van der Waals surface area contributed by atoms with Gasteiger partial charge in [0.1, 0.15) is 11.4 Å². The molecule has 0 aliphatic carbocycles. The van der Waals surface area contributed by atoms with Crippen LogP contribution in [0.5, 0.6) is 0 Å². The molecule has 8 nitrogen and oxygen atoms in total. The Morgan fingerprint density at radius 1 is 1.45 bits per heavy atom. The van der Waals surface area contributed by atoms with E-state index in [4.69, 9.17) is 4.74 Å². The third-order valence-electron chi connectivity index (χ3n) is 2.27. The van der Waals surface area contributed by atoms with Gasteiger partial charge >= 0.3 is 5.97 Å². The van der Waals surface area contributed by atoms with Gasteiger partial charge in [0.05, 0.1) is 12.8 Å². The summed E-state index contributed by atoms with van der Waals surface area (Å²) in [5.74, 6) is -0.625. The van der Waals surface area contributed by atoms with Crippen molar-refractivity contribution < 1.29 is 17.9 Å². The first-order valence-electron chi connectivity index (χ1n) is 5.69. The molecule has 0 aliphatic rings. The summed E-state index contributed by atoms with van der Waals surface area (Å²) in [5.41, 5.74) is -0.157. The molecule has 0 bridgehead atoms. The number of nitrogens with zero attached hydrogens (tertiary/aromatic N) is 2. The monoisotopic (exact) mass is 296 g/mol. The number of aromatic amines is 1. The molecule has 0 amide bonds. The highest BCUT2D eigenvalue weighted by Gasteiger charge is 2.26. The normalized spacial score (nSPS) is 11.1. The van der Waals surface area contributed by atoms with Gasteiger partial charge in [-0.25, -0.2) is 9.78 Å². The zero-order chi connectivity index (χ0) is 14.6. The Hall–Kier alpha value is -2.42. The van der Waals surface area contributed by atoms with E-state index in [1.165, 1.54) is 12.3 Å². The van der Waals surface area contributed by atoms with Crippen molar-refractivity contribution in [2.75, 3.05) is 11.3 Å². The van der Waals surface area contributed by atoms with E-state index in [1.54, 1.807) is 19.1 Å². The van der Waals surface area contributed by atoms with Crippen molar-refractivity contribution in [2.24, 2.45) is 0 Å². The predicted octanol–water partition coefficient (Wildman–Crippen LogP) is 0.782. The molecule has 9 heteroatoms. The topological polar surface area (TPSA) is 114 Å². The number of nitrogens with one attached hydrogen (secondary N) is 2. The Morgan fingerprint density at radius 3 is 2.90 bits per heavy atom. The van der Waals surface area contributed by atoms with Crippen LogP contribution in [0.4, 0.5) is 5.82 Å². The van der Waals surface area contributed by atoms with Crippen molar-refractivity contribution in [2.45, 2.75) is 11.9 Å². The second-order valence-electron chi connectivity index (χ2n) is 3.65. The minimum atomic E-state index is -4.00. The molecule has 0 atom stereocenters. The van der Waals surface area contributed by atoms with Crippen LogP contribution >= 0.6 is 0 Å². The van der Waals surface area contributed by atoms with Crippen LogP contribution in [0.3, 0.4) is 0 Å². The van der Waals surface area contributed by atoms with Gasteiger partial charge < -0.3 is 4.74 Å². The van der Waals surface area contributed by atoms with E-state index in [9.17, 15) is 13.2 Å². The number of esters is 1. The number of pyridine rings is 1. The molecule has 0 saturated carbocycles. The van der Waals surface area contributed by atoms with Gasteiger partial charge in [0.25, 0.3) is 10.0 Å². The summed E-state index contributed by atoms with van der Waals surface area (Å²) in [5, 5.41) is 5.48. The molecule has 2 aromatic heterocycles. The molecule has 0 aliphatic heterocycles. The number of aromatic nitrogens is 3. The minimum absolute atomic E-state index is 0.136. The Balaban J connectivity index is 2.31. The van der Waals surface area contributed by atoms with Crippen LogP contribution in [0.1, 0.15) is 17.3 Å². The minimum Gasteiger partial charge on any atom is -0.462 e. The van der Waals surface area contributed by atoms with Crippen molar-refractivity contribution in [3.63, 3.8) is 0 Å². The first-order valence-corrected chi connectivity index (χ1v) is 7.17. The van der Waals surface area contributed by atoms with Gasteiger partial charge in [-0.1, -0.05) is 6.07 Å². The molecule has 0 saturated heterocycles. The lowest BCUT2D eigenvalue weighted by Gasteiger charge is -2.06. The van der Waals surface area contributed by atoms with Crippen LogP contribution < -0.4 is 4.72 Å². The fourth-order valence-electron chi connectivity index (χ4n) is 1.45. The van der Waals surface area contributed by atoms with Crippen molar-refractivity contribution in [1.82, 2.24) is 15.2 Å². The van der Waals surface area contributed by atoms with Crippen molar-refractivity contribution >= 4 is 21.8 Å². The maximum Gasteiger partial charge on any atom is 0.342 e. The molecule has 2 heterocycles. The molecule has 0 radical (unpaired) electrons. The summed E-state index contributed by atoms with van der Waals surface area (Å²) < 4.78 is 31.3. The molecule has 0 aromatic carbocycles. The van der Waals surface area contributed by atoms with E-state index in [1.807, 2.05) is 0 Å². The summed E-state index contributed by atoms with van der Waals surface area (Å²) >= 11 is 0. The number of rotatable bonds is 5. The fourth-order valence-corrected chi connectivity index (χ4v) is 2.54. The van der Waals surface area contributed by atoms with E-state index >= 15 is 0 Å². The number of ether oxygens (including phenoxy) is 1. The highest BCUT2D eigenvalue weighted by atomic mass is 32.2. The molecule has 0 unspecified atom stereocenters. The maximum atomic E-state index is 12.2. The molecule has 20 heavy (non-hydrogen) atoms. The van der Waals surface area contributed by atoms with Crippen molar-refractivity contribution in [1.29, 1.82) is 0 Å². The number of anilines is 1. The SMILES string of the molecule is CCOC(=O)c1cn[nH]c1S(=O)(=O)Nc1ccccn1. The first kappa shape index (κ1) is 14.0. The lowest BCUT2D eigenvalue weighted by atomic mass is 10.4. The molecular weight excluding hydrogens is 284 g/mol. The van der Waals surface area contributed by atoms with Gasteiger partial charge in [0.15, 0.2) is 5.03 Å². The molecule has 106 valence electrons. The molecule has 0 spiro atoms. The Bertz CT molecular complexity index is 696. The van der Waals surface area contributed by atoms with Gasteiger partial charge in [-0.3, -0.25) is 9.82 Å². The Labute approximate surface area is 115 Å². The van der Waals surface area contributed by atoms with Gasteiger partial charge in [0.2, 0.25) is 0 Å². The van der Waals surface area contributed by atoms with Gasteiger partial charge in [-0.2, -0.15) is 13.5 Å². The first-order chi connectivity index (χ1) is 9.54. The number of hydrogen-bond donors (Lipinski definition) is 2. The standard InChI is InChI=1S/C11H12N4O4S/c1-2-19-11(16)8-7-13-14-10(8)20(17,18)15-9-5-3-4-6-12-9/h3-7H,2H2,1H3,(H,12,15)(H,13,14). The molecular formula is C11H12N4O4S. The number of carbonyl (C=O) groups excluding carboxylic acids is 1. The summed E-state index contributed by atoms with van der Waals surface area (Å²) in [6.07, 6.45) is 2.54. The van der Waals surface area contributed by atoms with E-state index in [-0.39, 0.29) is 23.0 Å². The average molecular weight is 296 g/mol. The van der Waals surface area contributed by atoms with Gasteiger partial charge in [-0.15, -0.1) is 0 Å². The molecule has 2 N–H and O–H groups in total. The van der Waals surface area contributed by atoms with Crippen LogP contribution in [0, 0.1) is 0 Å². The highest BCUT2D eigenvalue weighted by molar-refractivity contribution is 7.92. The van der Waals surface area contributed by atoms with Crippen LogP contribution in [0.25, 0.3) is 0 Å². The lowest BCUT2D eigenvalue weighted by Crippen LogP contribution is -2.18. The lowest BCUT2D eigenvalue weighted by molar-refractivity contribution is 0.0522. The average Bonchev–Trinajstić information content (AvgIpc) is 2.90. The van der Waals surface area contributed by atoms with Crippen molar-refractivity contribution in [3.8, 4) is 0 Å². The predicted molar refractivity (Wildman–Crippen MR) is 69.6 cm³/mol. The van der Waals surface area contributed by atoms with Crippen LogP contribution in [0.15, 0.2) is 35.6 Å². The smallest absolute Gasteiger partial charge is 0.342 e. The highest BCUT2D eigenvalue weighted by Crippen LogP contribution is 2.16. The second kappa shape index (κ2) is 5.70. The largest absolute Gasteiger partial charge is 0.462 e. The van der Waals surface area contributed by atoms with Crippen LogP contribution in [-0.2, 0) is 14.8 Å². The van der Waals surface area contributed by atoms with Crippen molar-refractivity contribution in [3.05, 3.63) is 36.2 Å². The molecule has 2 aromatic rings. The van der Waals surface area contributed by atoms with Crippen LogP contribution in [-0.4, -0.2) is 36.2 Å². The number of H-pyrrole nitrogens is 1. The zero-order valence-electron chi connectivity index (χ0n) is 10.5. The number of carbonyl (C=O) groups is 1. The molecule has 2 rings (SSSR count). The quantitative estimate of drug-likeness (QED) is 0.788. The Morgan fingerprint density at radius 2 is 2.25 bits per heavy atom. The van der Waals surface area contributed by atoms with E-state index in [0.717, 1.165) is 6.20 Å². The van der Waals surface area contributed by atoms with E-state index in [2.05, 4.69) is 19.9 Å². The van der Waals surface area contributed by atoms with Gasteiger partial charge in [-0.05, 0) is 19.1 Å². The number of sulfonamides is 1. The third-order valence-corrected chi connectivity index (χ3v) is 3.60. The summed E-state index contributed by atoms with van der Waals surface area (Å²) in [4.78, 5) is 15.5.